The SMILES string of the molecule is Cc1cc(NC(=O)CNC(=O)CNC(=O)CN)ccc1-c1ccc(C[C@H](NC(=O)C2CCC(CN)CC2)C(=O)Nc2ccc(/C(N)=N/NN)cc2)cc1. The van der Waals surface area contributed by atoms with E-state index in [9.17, 15) is 24.0 Å². The van der Waals surface area contributed by atoms with Crippen molar-refractivity contribution in [2.75, 3.05) is 36.8 Å². The molecule has 1 aliphatic carbocycles. The highest BCUT2D eigenvalue weighted by atomic mass is 16.2. The first-order valence-corrected chi connectivity index (χ1v) is 17.4. The number of benzene rings is 3. The molecule has 16 heteroatoms. The second-order valence-electron chi connectivity index (χ2n) is 12.9. The third kappa shape index (κ3) is 12.1. The molecule has 0 radical (unpaired) electrons. The van der Waals surface area contributed by atoms with Gasteiger partial charge < -0.3 is 43.8 Å². The Morgan fingerprint density at radius 3 is 2.06 bits per heavy atom. The molecule has 1 atom stereocenters. The fourth-order valence-electron chi connectivity index (χ4n) is 6.07. The molecule has 0 unspecified atom stereocenters. The summed E-state index contributed by atoms with van der Waals surface area (Å²) in [6, 6.07) is 19.1. The molecule has 0 aliphatic heterocycles. The minimum absolute atomic E-state index is 0.146. The second-order valence-corrected chi connectivity index (χ2v) is 12.9. The van der Waals surface area contributed by atoms with Crippen LogP contribution in [-0.4, -0.2) is 67.6 Å². The van der Waals surface area contributed by atoms with Crippen LogP contribution in [0.5, 0.6) is 0 Å². The van der Waals surface area contributed by atoms with E-state index in [0.717, 1.165) is 47.9 Å². The van der Waals surface area contributed by atoms with Crippen LogP contribution >= 0.6 is 0 Å². The number of nitrogens with two attached hydrogens (primary N) is 4. The van der Waals surface area contributed by atoms with E-state index in [1.165, 1.54) is 0 Å². The van der Waals surface area contributed by atoms with Crippen molar-refractivity contribution in [2.45, 2.75) is 45.1 Å². The molecule has 1 aliphatic rings. The number of amidine groups is 1. The van der Waals surface area contributed by atoms with E-state index in [1.807, 2.05) is 43.3 Å². The Morgan fingerprint density at radius 1 is 0.792 bits per heavy atom. The maximum absolute atomic E-state index is 13.6. The van der Waals surface area contributed by atoms with Crippen LogP contribution in [-0.2, 0) is 30.4 Å². The highest BCUT2D eigenvalue weighted by molar-refractivity contribution is 6.00. The molecule has 0 saturated heterocycles. The van der Waals surface area contributed by atoms with Gasteiger partial charge in [-0.05, 0) is 104 Å². The fourth-order valence-corrected chi connectivity index (χ4v) is 6.07. The molecule has 282 valence electrons. The molecule has 0 spiro atoms. The smallest absolute Gasteiger partial charge is 0.247 e. The number of rotatable bonds is 16. The van der Waals surface area contributed by atoms with Gasteiger partial charge in [-0.3, -0.25) is 24.0 Å². The lowest BCUT2D eigenvalue weighted by Crippen LogP contribution is -2.48. The molecular weight excluding hydrogens is 678 g/mol. The number of nitrogens with zero attached hydrogens (tertiary/aromatic N) is 1. The average Bonchev–Trinajstić information content (AvgIpc) is 3.16. The number of amides is 5. The molecule has 0 bridgehead atoms. The molecule has 1 saturated carbocycles. The molecule has 3 aromatic carbocycles. The Labute approximate surface area is 308 Å². The summed E-state index contributed by atoms with van der Waals surface area (Å²) in [6.07, 6.45) is 3.49. The highest BCUT2D eigenvalue weighted by Crippen LogP contribution is 2.29. The predicted octanol–water partition coefficient (Wildman–Crippen LogP) is 0.306. The molecule has 0 heterocycles. The Kier molecular flexibility index (Phi) is 14.8. The number of aryl methyl sites for hydroxylation is 1. The van der Waals surface area contributed by atoms with Crippen molar-refractivity contribution < 1.29 is 24.0 Å². The number of hydrazine groups is 1. The number of carbonyl (C=O) groups is 5. The van der Waals surface area contributed by atoms with Gasteiger partial charge in [-0.25, -0.2) is 11.4 Å². The zero-order valence-corrected chi connectivity index (χ0v) is 29.7. The molecular formula is C37H49N11O5. The standard InChI is InChI=1S/C37H49N11O5/c1-22-16-29(44-34(51)21-43-33(50)20-42-32(49)19-39)14-15-30(22)25-6-2-23(3-7-25)17-31(46-36(52)27-8-4-24(18-38)5-9-27)37(53)45-28-12-10-26(11-13-28)35(40)47-48-41/h2-3,6-7,10-16,24,27,31,48H,4-5,8-9,17-21,38-39,41H2,1H3,(H2,40,47)(H,42,49)(H,43,50)(H,44,51)(H,45,53)(H,46,52)/t24?,27?,31-/m0/s1. The van der Waals surface area contributed by atoms with Gasteiger partial charge in [0.1, 0.15) is 6.04 Å². The predicted molar refractivity (Wildman–Crippen MR) is 204 cm³/mol. The minimum Gasteiger partial charge on any atom is -0.382 e. The van der Waals surface area contributed by atoms with Gasteiger partial charge in [0.05, 0.1) is 19.6 Å². The first-order chi connectivity index (χ1) is 25.5. The Bertz CT molecular complexity index is 1770. The van der Waals surface area contributed by atoms with E-state index in [-0.39, 0.29) is 49.6 Å². The molecule has 1 fully saturated rings. The summed E-state index contributed by atoms with van der Waals surface area (Å²) in [4.78, 5) is 62.5. The van der Waals surface area contributed by atoms with E-state index in [1.54, 1.807) is 30.3 Å². The van der Waals surface area contributed by atoms with Crippen molar-refractivity contribution in [2.24, 2.45) is 40.0 Å². The largest absolute Gasteiger partial charge is 0.382 e. The topological polar surface area (TPSA) is 274 Å². The lowest BCUT2D eigenvalue weighted by atomic mass is 9.81. The van der Waals surface area contributed by atoms with Crippen molar-refractivity contribution in [3.8, 4) is 11.1 Å². The third-order valence-corrected chi connectivity index (χ3v) is 9.11. The van der Waals surface area contributed by atoms with Gasteiger partial charge >= 0.3 is 0 Å². The molecule has 0 aromatic heterocycles. The van der Waals surface area contributed by atoms with Crippen LogP contribution in [0.2, 0.25) is 0 Å². The van der Waals surface area contributed by atoms with Gasteiger partial charge in [-0.15, -0.1) is 5.10 Å². The number of anilines is 2. The van der Waals surface area contributed by atoms with E-state index >= 15 is 0 Å². The van der Waals surface area contributed by atoms with Gasteiger partial charge in [0.2, 0.25) is 29.5 Å². The van der Waals surface area contributed by atoms with Crippen LogP contribution in [0.4, 0.5) is 11.4 Å². The highest BCUT2D eigenvalue weighted by Gasteiger charge is 2.29. The monoisotopic (exact) mass is 727 g/mol. The van der Waals surface area contributed by atoms with Crippen molar-refractivity contribution >= 4 is 46.7 Å². The Morgan fingerprint density at radius 2 is 1.43 bits per heavy atom. The van der Waals surface area contributed by atoms with E-state index in [2.05, 4.69) is 37.2 Å². The summed E-state index contributed by atoms with van der Waals surface area (Å²) in [6.45, 7) is 1.75. The van der Waals surface area contributed by atoms with Crippen LogP contribution in [0.3, 0.4) is 0 Å². The molecule has 14 N–H and O–H groups in total. The number of hydrogen-bond donors (Lipinski definition) is 10. The second kappa shape index (κ2) is 19.7. The van der Waals surface area contributed by atoms with Gasteiger partial charge in [0.15, 0.2) is 5.84 Å². The number of nitrogens with one attached hydrogen (secondary N) is 6. The Balaban J connectivity index is 1.41. The van der Waals surface area contributed by atoms with Gasteiger partial charge in [0, 0.05) is 29.3 Å². The van der Waals surface area contributed by atoms with Crippen LogP contribution in [0.15, 0.2) is 71.8 Å². The van der Waals surface area contributed by atoms with Crippen LogP contribution in [0.25, 0.3) is 11.1 Å². The van der Waals surface area contributed by atoms with Crippen molar-refractivity contribution in [1.29, 1.82) is 0 Å². The molecule has 5 amide bonds. The molecule has 4 rings (SSSR count). The Hall–Kier alpha value is -5.84. The van der Waals surface area contributed by atoms with Crippen molar-refractivity contribution in [3.05, 3.63) is 83.4 Å². The maximum atomic E-state index is 13.6. The quantitative estimate of drug-likeness (QED) is 0.0417. The van der Waals surface area contributed by atoms with Crippen molar-refractivity contribution in [1.82, 2.24) is 21.5 Å². The first kappa shape index (κ1) is 39.9. The summed E-state index contributed by atoms with van der Waals surface area (Å²) < 4.78 is 0. The summed E-state index contributed by atoms with van der Waals surface area (Å²) in [5.74, 6) is 3.72. The number of hydrogen-bond acceptors (Lipinski definition) is 10. The summed E-state index contributed by atoms with van der Waals surface area (Å²) >= 11 is 0. The molecule has 3 aromatic rings. The van der Waals surface area contributed by atoms with Crippen LogP contribution < -0.4 is 55.2 Å². The number of carbonyl (C=O) groups excluding carboxylic acids is 5. The number of hydrazone groups is 1. The average molecular weight is 728 g/mol. The van der Waals surface area contributed by atoms with E-state index in [0.29, 0.717) is 29.4 Å². The summed E-state index contributed by atoms with van der Waals surface area (Å²) in [5, 5.41) is 17.2. The summed E-state index contributed by atoms with van der Waals surface area (Å²) in [7, 11) is 0. The van der Waals surface area contributed by atoms with Gasteiger partial charge in [-0.1, -0.05) is 30.3 Å². The maximum Gasteiger partial charge on any atom is 0.247 e. The van der Waals surface area contributed by atoms with Crippen LogP contribution in [0.1, 0.15) is 42.4 Å². The lowest BCUT2D eigenvalue weighted by Gasteiger charge is -2.28. The van der Waals surface area contributed by atoms with Gasteiger partial charge in [0.25, 0.3) is 0 Å². The zero-order chi connectivity index (χ0) is 38.3. The molecule has 53 heavy (non-hydrogen) atoms. The third-order valence-electron chi connectivity index (χ3n) is 9.11. The van der Waals surface area contributed by atoms with E-state index < -0.39 is 23.8 Å². The fraction of sp³-hybridized carbons (Fsp3) is 0.351. The molecule has 16 nitrogen and oxygen atoms in total. The van der Waals surface area contributed by atoms with E-state index in [4.69, 9.17) is 23.0 Å². The minimum atomic E-state index is -0.840. The van der Waals surface area contributed by atoms with Gasteiger partial charge in [-0.2, -0.15) is 0 Å². The first-order valence-electron chi connectivity index (χ1n) is 17.4. The summed E-state index contributed by atoms with van der Waals surface area (Å²) in [5.41, 5.74) is 24.4. The van der Waals surface area contributed by atoms with Crippen LogP contribution in [0, 0.1) is 18.8 Å². The lowest BCUT2D eigenvalue weighted by molar-refractivity contribution is -0.130. The normalized spacial score (nSPS) is 16.1. The van der Waals surface area contributed by atoms with Crippen molar-refractivity contribution in [3.63, 3.8) is 0 Å². The zero-order valence-electron chi connectivity index (χ0n) is 29.7.